The van der Waals surface area contributed by atoms with Crippen LogP contribution in [0.5, 0.6) is 5.75 Å². The number of benzene rings is 2. The van der Waals surface area contributed by atoms with Crippen LogP contribution in [0, 0.1) is 11.7 Å². The molecule has 0 heterocycles. The predicted octanol–water partition coefficient (Wildman–Crippen LogP) is 4.63. The average Bonchev–Trinajstić information content (AvgIpc) is 2.49. The van der Waals surface area contributed by atoms with Crippen molar-refractivity contribution < 1.29 is 9.13 Å². The van der Waals surface area contributed by atoms with E-state index in [2.05, 4.69) is 22.0 Å². The zero-order valence-corrected chi connectivity index (χ0v) is 13.1. The van der Waals surface area contributed by atoms with Crippen LogP contribution < -0.4 is 4.74 Å². The molecule has 2 rings (SSSR count). The number of methoxy groups -OCH3 is 1. The van der Waals surface area contributed by atoms with Gasteiger partial charge in [0.05, 0.1) is 7.11 Å². The van der Waals surface area contributed by atoms with Crippen molar-refractivity contribution in [3.63, 3.8) is 0 Å². The summed E-state index contributed by atoms with van der Waals surface area (Å²) in [5.74, 6) is 1.10. The molecule has 106 valence electrons. The summed E-state index contributed by atoms with van der Waals surface area (Å²) in [4.78, 5) is 0. The van der Waals surface area contributed by atoms with Gasteiger partial charge in [-0.1, -0.05) is 46.3 Å². The van der Waals surface area contributed by atoms with Crippen molar-refractivity contribution in [2.24, 2.45) is 5.92 Å². The SMILES string of the molecule is COc1cccc(CC(CBr)Cc2ccccc2F)c1. The van der Waals surface area contributed by atoms with Crippen molar-refractivity contribution in [2.75, 3.05) is 12.4 Å². The highest BCUT2D eigenvalue weighted by molar-refractivity contribution is 9.09. The van der Waals surface area contributed by atoms with Gasteiger partial charge in [-0.2, -0.15) is 0 Å². The topological polar surface area (TPSA) is 9.23 Å². The van der Waals surface area contributed by atoms with Crippen LogP contribution in [-0.4, -0.2) is 12.4 Å². The fraction of sp³-hybridized carbons (Fsp3) is 0.294. The van der Waals surface area contributed by atoms with Gasteiger partial charge in [-0.15, -0.1) is 0 Å². The molecular formula is C17H18BrFO. The summed E-state index contributed by atoms with van der Waals surface area (Å²) in [7, 11) is 1.67. The van der Waals surface area contributed by atoms with E-state index in [9.17, 15) is 4.39 Å². The van der Waals surface area contributed by atoms with Gasteiger partial charge in [0.2, 0.25) is 0 Å². The highest BCUT2D eigenvalue weighted by atomic mass is 79.9. The fourth-order valence-electron chi connectivity index (χ4n) is 2.29. The van der Waals surface area contributed by atoms with Crippen LogP contribution in [0.15, 0.2) is 48.5 Å². The van der Waals surface area contributed by atoms with E-state index in [1.807, 2.05) is 30.3 Å². The summed E-state index contributed by atoms with van der Waals surface area (Å²) in [6, 6.07) is 15.0. The third-order valence-electron chi connectivity index (χ3n) is 3.34. The Balaban J connectivity index is 2.07. The molecule has 0 aliphatic rings. The monoisotopic (exact) mass is 336 g/mol. The van der Waals surface area contributed by atoms with Crippen molar-refractivity contribution in [1.82, 2.24) is 0 Å². The third kappa shape index (κ3) is 4.07. The molecule has 0 saturated carbocycles. The van der Waals surface area contributed by atoms with E-state index in [1.165, 1.54) is 11.6 Å². The molecule has 0 fully saturated rings. The minimum Gasteiger partial charge on any atom is -0.497 e. The van der Waals surface area contributed by atoms with Crippen LogP contribution in [0.25, 0.3) is 0 Å². The van der Waals surface area contributed by atoms with E-state index in [4.69, 9.17) is 4.74 Å². The molecule has 0 spiro atoms. The Kier molecular flexibility index (Phi) is 5.60. The number of alkyl halides is 1. The van der Waals surface area contributed by atoms with E-state index in [0.717, 1.165) is 29.5 Å². The average molecular weight is 337 g/mol. The first kappa shape index (κ1) is 15.0. The van der Waals surface area contributed by atoms with Crippen LogP contribution in [0.2, 0.25) is 0 Å². The molecule has 1 nitrogen and oxygen atoms in total. The molecule has 0 N–H and O–H groups in total. The van der Waals surface area contributed by atoms with Crippen molar-refractivity contribution >= 4 is 15.9 Å². The van der Waals surface area contributed by atoms with Crippen LogP contribution >= 0.6 is 15.9 Å². The van der Waals surface area contributed by atoms with Crippen molar-refractivity contribution in [3.05, 3.63) is 65.5 Å². The normalized spacial score (nSPS) is 12.2. The first-order valence-corrected chi connectivity index (χ1v) is 7.77. The Morgan fingerprint density at radius 3 is 2.60 bits per heavy atom. The van der Waals surface area contributed by atoms with Crippen LogP contribution in [-0.2, 0) is 12.8 Å². The van der Waals surface area contributed by atoms with Crippen molar-refractivity contribution in [2.45, 2.75) is 12.8 Å². The van der Waals surface area contributed by atoms with Crippen LogP contribution in [0.1, 0.15) is 11.1 Å². The second-order valence-electron chi connectivity index (χ2n) is 4.87. The minimum absolute atomic E-state index is 0.121. The predicted molar refractivity (Wildman–Crippen MR) is 84.1 cm³/mol. The highest BCUT2D eigenvalue weighted by Gasteiger charge is 2.12. The third-order valence-corrected chi connectivity index (χ3v) is 4.26. The molecule has 0 aliphatic heterocycles. The Morgan fingerprint density at radius 2 is 1.90 bits per heavy atom. The van der Waals surface area contributed by atoms with E-state index in [1.54, 1.807) is 13.2 Å². The molecule has 0 saturated heterocycles. The maximum atomic E-state index is 13.7. The Hall–Kier alpha value is -1.35. The summed E-state index contributed by atoms with van der Waals surface area (Å²) in [5, 5.41) is 0.846. The lowest BCUT2D eigenvalue weighted by Crippen LogP contribution is -2.11. The molecule has 0 aromatic heterocycles. The fourth-order valence-corrected chi connectivity index (χ4v) is 2.75. The zero-order valence-electron chi connectivity index (χ0n) is 11.5. The molecule has 20 heavy (non-hydrogen) atoms. The van der Waals surface area contributed by atoms with Gasteiger partial charge in [0.25, 0.3) is 0 Å². The first-order chi connectivity index (χ1) is 9.72. The van der Waals surface area contributed by atoms with Gasteiger partial charge >= 0.3 is 0 Å². The number of hydrogen-bond acceptors (Lipinski definition) is 1. The van der Waals surface area contributed by atoms with E-state index >= 15 is 0 Å². The molecule has 1 atom stereocenters. The number of halogens is 2. The molecule has 0 amide bonds. The maximum Gasteiger partial charge on any atom is 0.126 e. The van der Waals surface area contributed by atoms with Gasteiger partial charge in [-0.25, -0.2) is 4.39 Å². The number of ether oxygens (including phenoxy) is 1. The lowest BCUT2D eigenvalue weighted by atomic mass is 9.94. The largest absolute Gasteiger partial charge is 0.497 e. The quantitative estimate of drug-likeness (QED) is 0.699. The van der Waals surface area contributed by atoms with Crippen molar-refractivity contribution in [3.8, 4) is 5.75 Å². The van der Waals surface area contributed by atoms with E-state index in [-0.39, 0.29) is 5.82 Å². The molecule has 0 aliphatic carbocycles. The second kappa shape index (κ2) is 7.44. The van der Waals surface area contributed by atoms with Crippen LogP contribution in [0.3, 0.4) is 0 Å². The first-order valence-electron chi connectivity index (χ1n) is 6.65. The summed E-state index contributed by atoms with van der Waals surface area (Å²) in [6.07, 6.45) is 1.63. The summed E-state index contributed by atoms with van der Waals surface area (Å²) < 4.78 is 18.9. The Labute approximate surface area is 127 Å². The maximum absolute atomic E-state index is 13.7. The van der Waals surface area contributed by atoms with Gasteiger partial charge in [-0.05, 0) is 48.1 Å². The standard InChI is InChI=1S/C17H18BrFO/c1-20-16-7-4-5-13(11-16)9-14(12-18)10-15-6-2-3-8-17(15)19/h2-8,11,14H,9-10,12H2,1H3. The summed E-state index contributed by atoms with van der Waals surface area (Å²) in [6.45, 7) is 0. The van der Waals surface area contributed by atoms with Gasteiger partial charge in [0, 0.05) is 5.33 Å². The van der Waals surface area contributed by atoms with Gasteiger partial charge in [-0.3, -0.25) is 0 Å². The summed E-state index contributed by atoms with van der Waals surface area (Å²) in [5.41, 5.74) is 1.99. The smallest absolute Gasteiger partial charge is 0.126 e. The lowest BCUT2D eigenvalue weighted by Gasteiger charge is -2.15. The molecule has 0 radical (unpaired) electrons. The second-order valence-corrected chi connectivity index (χ2v) is 5.52. The van der Waals surface area contributed by atoms with Gasteiger partial charge in [0.1, 0.15) is 11.6 Å². The number of hydrogen-bond donors (Lipinski definition) is 0. The minimum atomic E-state index is -0.121. The van der Waals surface area contributed by atoms with Crippen LogP contribution in [0.4, 0.5) is 4.39 Å². The Bertz CT molecular complexity index is 556. The molecule has 1 unspecified atom stereocenters. The Morgan fingerprint density at radius 1 is 1.10 bits per heavy atom. The van der Waals surface area contributed by atoms with E-state index in [0.29, 0.717) is 5.92 Å². The van der Waals surface area contributed by atoms with E-state index < -0.39 is 0 Å². The molecule has 3 heteroatoms. The van der Waals surface area contributed by atoms with Crippen molar-refractivity contribution in [1.29, 1.82) is 0 Å². The lowest BCUT2D eigenvalue weighted by molar-refractivity contribution is 0.414. The summed E-state index contributed by atoms with van der Waals surface area (Å²) >= 11 is 3.54. The molecular weight excluding hydrogens is 319 g/mol. The zero-order chi connectivity index (χ0) is 14.4. The molecule has 2 aromatic rings. The highest BCUT2D eigenvalue weighted by Crippen LogP contribution is 2.21. The van der Waals surface area contributed by atoms with Gasteiger partial charge in [0.15, 0.2) is 0 Å². The molecule has 0 bridgehead atoms. The number of rotatable bonds is 6. The van der Waals surface area contributed by atoms with Gasteiger partial charge < -0.3 is 4.74 Å². The molecule has 2 aromatic carbocycles.